The lowest BCUT2D eigenvalue weighted by atomic mass is 10.2. The average Bonchev–Trinajstić information content (AvgIpc) is 2.73. The fraction of sp³-hybridized carbons (Fsp3) is 0.182. The molecule has 17 heavy (non-hydrogen) atoms. The third-order valence-electron chi connectivity index (χ3n) is 2.19. The Hall–Kier alpha value is -1.53. The molecular weight excluding hydrogens is 252 g/mol. The standard InChI is InChI=1S/C11H12N4S2/c1-7-4-15-10(17-7)6-14-9-5-13-3-2-8(9)11(12)16/h2-5,14H,6H2,1H3,(H2,12,16). The fourth-order valence-electron chi connectivity index (χ4n) is 1.40. The number of hydrogen-bond donors (Lipinski definition) is 2. The number of anilines is 1. The van der Waals surface area contributed by atoms with E-state index < -0.39 is 0 Å². The molecule has 0 fully saturated rings. The Bertz CT molecular complexity index is 536. The van der Waals surface area contributed by atoms with Crippen molar-refractivity contribution < 1.29 is 0 Å². The lowest BCUT2D eigenvalue weighted by molar-refractivity contribution is 1.09. The van der Waals surface area contributed by atoms with Gasteiger partial charge in [-0.25, -0.2) is 4.98 Å². The van der Waals surface area contributed by atoms with Crippen LogP contribution >= 0.6 is 23.6 Å². The first-order chi connectivity index (χ1) is 8.16. The van der Waals surface area contributed by atoms with Gasteiger partial charge >= 0.3 is 0 Å². The van der Waals surface area contributed by atoms with E-state index in [1.165, 1.54) is 4.88 Å². The van der Waals surface area contributed by atoms with Gasteiger partial charge in [0.2, 0.25) is 0 Å². The van der Waals surface area contributed by atoms with Gasteiger partial charge in [0, 0.05) is 22.8 Å². The minimum Gasteiger partial charge on any atom is -0.389 e. The largest absolute Gasteiger partial charge is 0.389 e. The van der Waals surface area contributed by atoms with Crippen LogP contribution < -0.4 is 11.1 Å². The maximum Gasteiger partial charge on any atom is 0.112 e. The number of rotatable bonds is 4. The Morgan fingerprint density at radius 3 is 3.00 bits per heavy atom. The molecule has 3 N–H and O–H groups in total. The summed E-state index contributed by atoms with van der Waals surface area (Å²) in [5, 5.41) is 4.27. The third kappa shape index (κ3) is 2.98. The highest BCUT2D eigenvalue weighted by Gasteiger charge is 2.05. The molecule has 2 rings (SSSR count). The van der Waals surface area contributed by atoms with Gasteiger partial charge < -0.3 is 11.1 Å². The van der Waals surface area contributed by atoms with Crippen molar-refractivity contribution in [2.45, 2.75) is 13.5 Å². The number of aryl methyl sites for hydroxylation is 1. The molecule has 0 aromatic carbocycles. The van der Waals surface area contributed by atoms with Crippen LogP contribution in [0.25, 0.3) is 0 Å². The minimum absolute atomic E-state index is 0.366. The van der Waals surface area contributed by atoms with Crippen molar-refractivity contribution in [2.24, 2.45) is 5.73 Å². The van der Waals surface area contributed by atoms with E-state index in [0.717, 1.165) is 16.3 Å². The van der Waals surface area contributed by atoms with E-state index >= 15 is 0 Å². The van der Waals surface area contributed by atoms with E-state index in [2.05, 4.69) is 15.3 Å². The Labute approximate surface area is 109 Å². The van der Waals surface area contributed by atoms with Crippen LogP contribution in [0.4, 0.5) is 5.69 Å². The van der Waals surface area contributed by atoms with Gasteiger partial charge in [0.05, 0.1) is 18.4 Å². The van der Waals surface area contributed by atoms with Crippen LogP contribution in [0, 0.1) is 6.92 Å². The molecule has 0 amide bonds. The molecule has 2 aromatic rings. The lowest BCUT2D eigenvalue weighted by Crippen LogP contribution is -2.13. The molecule has 0 aliphatic carbocycles. The molecule has 88 valence electrons. The predicted molar refractivity (Wildman–Crippen MR) is 74.3 cm³/mol. The van der Waals surface area contributed by atoms with E-state index in [4.69, 9.17) is 18.0 Å². The quantitative estimate of drug-likeness (QED) is 0.828. The molecule has 0 aliphatic heterocycles. The van der Waals surface area contributed by atoms with Gasteiger partial charge in [-0.1, -0.05) is 12.2 Å². The highest BCUT2D eigenvalue weighted by atomic mass is 32.1. The van der Waals surface area contributed by atoms with Gasteiger partial charge in [-0.05, 0) is 13.0 Å². The second-order valence-corrected chi connectivity index (χ2v) is 5.26. The van der Waals surface area contributed by atoms with E-state index in [0.29, 0.717) is 11.5 Å². The van der Waals surface area contributed by atoms with Crippen molar-refractivity contribution in [2.75, 3.05) is 5.32 Å². The zero-order valence-corrected chi connectivity index (χ0v) is 10.9. The van der Waals surface area contributed by atoms with Crippen molar-refractivity contribution in [1.82, 2.24) is 9.97 Å². The van der Waals surface area contributed by atoms with Gasteiger partial charge in [0.15, 0.2) is 0 Å². The summed E-state index contributed by atoms with van der Waals surface area (Å²) in [6, 6.07) is 1.80. The van der Waals surface area contributed by atoms with Crippen LogP contribution in [0.15, 0.2) is 24.7 Å². The number of nitrogens with one attached hydrogen (secondary N) is 1. The smallest absolute Gasteiger partial charge is 0.112 e. The number of hydrogen-bond acceptors (Lipinski definition) is 5. The maximum atomic E-state index is 5.64. The second kappa shape index (κ2) is 5.20. The SMILES string of the molecule is Cc1cnc(CNc2cnccc2C(N)=S)s1. The highest BCUT2D eigenvalue weighted by molar-refractivity contribution is 7.80. The molecule has 0 spiro atoms. The maximum absolute atomic E-state index is 5.64. The first-order valence-electron chi connectivity index (χ1n) is 5.06. The molecule has 0 bridgehead atoms. The lowest BCUT2D eigenvalue weighted by Gasteiger charge is -2.08. The van der Waals surface area contributed by atoms with Crippen molar-refractivity contribution in [3.05, 3.63) is 40.1 Å². The summed E-state index contributed by atoms with van der Waals surface area (Å²) < 4.78 is 0. The Kier molecular flexibility index (Phi) is 3.65. The van der Waals surface area contributed by atoms with Crippen LogP contribution in [-0.2, 0) is 6.54 Å². The molecule has 0 aliphatic rings. The number of pyridine rings is 1. The molecule has 2 heterocycles. The van der Waals surface area contributed by atoms with Gasteiger partial charge in [-0.2, -0.15) is 0 Å². The second-order valence-electron chi connectivity index (χ2n) is 3.50. The molecule has 0 radical (unpaired) electrons. The molecule has 4 nitrogen and oxygen atoms in total. The van der Waals surface area contributed by atoms with Crippen molar-refractivity contribution in [3.63, 3.8) is 0 Å². The number of thiocarbonyl (C=S) groups is 1. The molecular formula is C11H12N4S2. The number of nitrogens with two attached hydrogens (primary N) is 1. The normalized spacial score (nSPS) is 10.2. The van der Waals surface area contributed by atoms with Gasteiger partial charge in [0.25, 0.3) is 0 Å². The van der Waals surface area contributed by atoms with Gasteiger partial charge in [-0.3, -0.25) is 4.98 Å². The molecule has 2 aromatic heterocycles. The van der Waals surface area contributed by atoms with Gasteiger partial charge in [0.1, 0.15) is 10.00 Å². The summed E-state index contributed by atoms with van der Waals surface area (Å²) in [5.74, 6) is 0. The third-order valence-corrected chi connectivity index (χ3v) is 3.32. The van der Waals surface area contributed by atoms with Crippen LogP contribution in [0.3, 0.4) is 0 Å². The van der Waals surface area contributed by atoms with Crippen molar-refractivity contribution in [1.29, 1.82) is 0 Å². The van der Waals surface area contributed by atoms with Crippen LogP contribution in [0.2, 0.25) is 0 Å². The van der Waals surface area contributed by atoms with E-state index in [9.17, 15) is 0 Å². The zero-order valence-electron chi connectivity index (χ0n) is 9.30. The molecule has 6 heteroatoms. The minimum atomic E-state index is 0.366. The Balaban J connectivity index is 2.11. The monoisotopic (exact) mass is 264 g/mol. The van der Waals surface area contributed by atoms with Crippen LogP contribution in [-0.4, -0.2) is 15.0 Å². The molecule has 0 unspecified atom stereocenters. The fourth-order valence-corrected chi connectivity index (χ4v) is 2.31. The zero-order chi connectivity index (χ0) is 12.3. The number of aromatic nitrogens is 2. The van der Waals surface area contributed by atoms with Crippen molar-refractivity contribution in [3.8, 4) is 0 Å². The van der Waals surface area contributed by atoms with E-state index in [1.807, 2.05) is 13.1 Å². The first-order valence-corrected chi connectivity index (χ1v) is 6.28. The average molecular weight is 264 g/mol. The number of thiazole rings is 1. The van der Waals surface area contributed by atoms with Gasteiger partial charge in [-0.15, -0.1) is 11.3 Å². The summed E-state index contributed by atoms with van der Waals surface area (Å²) in [5.41, 5.74) is 7.29. The van der Waals surface area contributed by atoms with Crippen LogP contribution in [0.5, 0.6) is 0 Å². The van der Waals surface area contributed by atoms with E-state index in [1.54, 1.807) is 29.8 Å². The summed E-state index contributed by atoms with van der Waals surface area (Å²) in [6.07, 6.45) is 5.25. The molecule has 0 saturated carbocycles. The summed E-state index contributed by atoms with van der Waals surface area (Å²) in [6.45, 7) is 2.69. The number of nitrogens with zero attached hydrogens (tertiary/aromatic N) is 2. The predicted octanol–water partition coefficient (Wildman–Crippen LogP) is 2.09. The molecule has 0 atom stereocenters. The summed E-state index contributed by atoms with van der Waals surface area (Å²) in [7, 11) is 0. The highest BCUT2D eigenvalue weighted by Crippen LogP contribution is 2.16. The summed E-state index contributed by atoms with van der Waals surface area (Å²) in [4.78, 5) is 9.89. The molecule has 0 saturated heterocycles. The summed E-state index contributed by atoms with van der Waals surface area (Å²) >= 11 is 6.64. The Morgan fingerprint density at radius 1 is 1.53 bits per heavy atom. The first kappa shape index (κ1) is 11.9. The topological polar surface area (TPSA) is 63.8 Å². The van der Waals surface area contributed by atoms with Crippen LogP contribution in [0.1, 0.15) is 15.4 Å². The van der Waals surface area contributed by atoms with E-state index in [-0.39, 0.29) is 0 Å². The Morgan fingerprint density at radius 2 is 2.35 bits per heavy atom. The van der Waals surface area contributed by atoms with Crippen molar-refractivity contribution >= 4 is 34.2 Å².